The van der Waals surface area contributed by atoms with Gasteiger partial charge in [-0.15, -0.1) is 0 Å². The number of ketones is 1. The highest BCUT2D eigenvalue weighted by Crippen LogP contribution is 2.26. The summed E-state index contributed by atoms with van der Waals surface area (Å²) in [6.45, 7) is 1.60. The lowest BCUT2D eigenvalue weighted by Gasteiger charge is -2.28. The molecule has 1 unspecified atom stereocenters. The van der Waals surface area contributed by atoms with E-state index in [0.29, 0.717) is 5.56 Å². The molecule has 1 atom stereocenters. The number of Topliss-reactive ketones (excluding diaryl/α,β-unsaturated/α-hetero) is 1. The molecule has 0 spiro atoms. The first-order valence-corrected chi connectivity index (χ1v) is 5.69. The molecular weight excluding hydrogens is 250 g/mol. The lowest BCUT2D eigenvalue weighted by Crippen LogP contribution is -2.51. The lowest BCUT2D eigenvalue weighted by molar-refractivity contribution is -0.159. The van der Waals surface area contributed by atoms with Crippen LogP contribution in [0, 0.1) is 5.92 Å². The van der Waals surface area contributed by atoms with Crippen LogP contribution in [0.15, 0.2) is 30.3 Å². The minimum atomic E-state index is -2.16. The minimum absolute atomic E-state index is 0.104. The van der Waals surface area contributed by atoms with E-state index in [0.717, 1.165) is 0 Å². The van der Waals surface area contributed by atoms with Crippen LogP contribution in [0.1, 0.15) is 18.9 Å². The molecule has 0 fully saturated rings. The zero-order valence-corrected chi connectivity index (χ0v) is 10.4. The Morgan fingerprint density at radius 3 is 2.00 bits per heavy atom. The first kappa shape index (κ1) is 14.8. The monoisotopic (exact) mass is 265 g/mol. The number of nitrogens with two attached hydrogens (primary N) is 1. The van der Waals surface area contributed by atoms with Crippen LogP contribution < -0.4 is 5.73 Å². The van der Waals surface area contributed by atoms with Crippen molar-refractivity contribution in [3.8, 4) is 0 Å². The molecule has 0 heterocycles. The molecule has 6 heteroatoms. The smallest absolute Gasteiger partial charge is 0.325 e. The number of benzene rings is 1. The molecule has 0 aliphatic heterocycles. The molecule has 1 aromatic rings. The number of rotatable bonds is 6. The molecule has 0 radical (unpaired) electrons. The van der Waals surface area contributed by atoms with Gasteiger partial charge in [-0.05, 0) is 12.0 Å². The Labute approximate surface area is 109 Å². The van der Waals surface area contributed by atoms with Crippen molar-refractivity contribution in [3.63, 3.8) is 0 Å². The molecule has 0 bridgehead atoms. The van der Waals surface area contributed by atoms with Gasteiger partial charge in [0, 0.05) is 0 Å². The topological polar surface area (TPSA) is 118 Å². The number of carbonyl (C=O) groups excluding carboxylic acids is 1. The molecule has 0 saturated heterocycles. The summed E-state index contributed by atoms with van der Waals surface area (Å²) >= 11 is 0. The minimum Gasteiger partial charge on any atom is -0.480 e. The average Bonchev–Trinajstić information content (AvgIpc) is 2.37. The van der Waals surface area contributed by atoms with Crippen molar-refractivity contribution in [1.29, 1.82) is 0 Å². The van der Waals surface area contributed by atoms with E-state index in [-0.39, 0.29) is 6.42 Å². The van der Waals surface area contributed by atoms with Crippen molar-refractivity contribution >= 4 is 17.7 Å². The van der Waals surface area contributed by atoms with Crippen molar-refractivity contribution in [1.82, 2.24) is 0 Å². The zero-order chi connectivity index (χ0) is 14.6. The first-order valence-electron chi connectivity index (χ1n) is 5.69. The SMILES string of the molecule is CCC(N)(C(=O)C(C(=O)O)C(=O)O)c1ccccc1. The van der Waals surface area contributed by atoms with Gasteiger partial charge in [-0.2, -0.15) is 0 Å². The van der Waals surface area contributed by atoms with Gasteiger partial charge >= 0.3 is 11.9 Å². The van der Waals surface area contributed by atoms with Gasteiger partial charge in [0.05, 0.1) is 0 Å². The number of aliphatic carboxylic acids is 2. The molecule has 0 aliphatic rings. The third-order valence-corrected chi connectivity index (χ3v) is 3.04. The molecule has 0 amide bonds. The van der Waals surface area contributed by atoms with Crippen LogP contribution in [0.3, 0.4) is 0 Å². The van der Waals surface area contributed by atoms with E-state index in [4.69, 9.17) is 15.9 Å². The van der Waals surface area contributed by atoms with Crippen molar-refractivity contribution in [2.24, 2.45) is 11.7 Å². The van der Waals surface area contributed by atoms with Crippen molar-refractivity contribution < 1.29 is 24.6 Å². The van der Waals surface area contributed by atoms with Crippen LogP contribution >= 0.6 is 0 Å². The normalized spacial score (nSPS) is 13.8. The summed E-state index contributed by atoms with van der Waals surface area (Å²) in [7, 11) is 0. The van der Waals surface area contributed by atoms with E-state index in [1.54, 1.807) is 37.3 Å². The molecule has 102 valence electrons. The lowest BCUT2D eigenvalue weighted by atomic mass is 9.79. The van der Waals surface area contributed by atoms with Crippen LogP contribution in [0.5, 0.6) is 0 Å². The molecule has 4 N–H and O–H groups in total. The second kappa shape index (κ2) is 5.62. The quantitative estimate of drug-likeness (QED) is 0.648. The summed E-state index contributed by atoms with van der Waals surface area (Å²) in [5.74, 6) is -6.61. The highest BCUT2D eigenvalue weighted by Gasteiger charge is 2.45. The van der Waals surface area contributed by atoms with Crippen molar-refractivity contribution in [2.45, 2.75) is 18.9 Å². The predicted molar refractivity (Wildman–Crippen MR) is 66.4 cm³/mol. The molecule has 0 aliphatic carbocycles. The van der Waals surface area contributed by atoms with E-state index in [9.17, 15) is 14.4 Å². The maximum Gasteiger partial charge on any atom is 0.325 e. The molecule has 19 heavy (non-hydrogen) atoms. The highest BCUT2D eigenvalue weighted by atomic mass is 16.4. The standard InChI is InChI=1S/C13H15NO5/c1-2-13(14,8-6-4-3-5-7-8)10(15)9(11(16)17)12(18)19/h3-7,9H,2,14H2,1H3,(H,16,17)(H,18,19). The molecule has 1 aromatic carbocycles. The van der Waals surface area contributed by atoms with Gasteiger partial charge in [0.15, 0.2) is 5.78 Å². The van der Waals surface area contributed by atoms with Gasteiger partial charge in [0.2, 0.25) is 5.92 Å². The summed E-state index contributed by atoms with van der Waals surface area (Å²) < 4.78 is 0. The molecule has 0 aromatic heterocycles. The van der Waals surface area contributed by atoms with Crippen LogP contribution in [0.2, 0.25) is 0 Å². The Hall–Kier alpha value is -2.21. The Kier molecular flexibility index (Phi) is 4.39. The fourth-order valence-electron chi connectivity index (χ4n) is 1.84. The zero-order valence-electron chi connectivity index (χ0n) is 10.4. The third-order valence-electron chi connectivity index (χ3n) is 3.04. The molecule has 1 rings (SSSR count). The van der Waals surface area contributed by atoms with Gasteiger partial charge in [0.1, 0.15) is 5.54 Å². The van der Waals surface area contributed by atoms with Crippen molar-refractivity contribution in [3.05, 3.63) is 35.9 Å². The van der Waals surface area contributed by atoms with E-state index in [1.807, 2.05) is 0 Å². The van der Waals surface area contributed by atoms with Gasteiger partial charge in [-0.1, -0.05) is 37.3 Å². The Balaban J connectivity index is 3.26. The van der Waals surface area contributed by atoms with E-state index in [2.05, 4.69) is 0 Å². The number of carboxylic acids is 2. The number of hydrogen-bond donors (Lipinski definition) is 3. The maximum atomic E-state index is 12.2. The van der Waals surface area contributed by atoms with E-state index >= 15 is 0 Å². The van der Waals surface area contributed by atoms with Gasteiger partial charge < -0.3 is 15.9 Å². The fraction of sp³-hybridized carbons (Fsp3) is 0.308. The average molecular weight is 265 g/mol. The summed E-state index contributed by atoms with van der Waals surface area (Å²) in [6, 6.07) is 8.16. The third kappa shape index (κ3) is 2.79. The van der Waals surface area contributed by atoms with Gasteiger partial charge in [-0.3, -0.25) is 14.4 Å². The second-order valence-corrected chi connectivity index (χ2v) is 4.16. The van der Waals surface area contributed by atoms with E-state index in [1.165, 1.54) is 0 Å². The van der Waals surface area contributed by atoms with Crippen LogP contribution in [-0.2, 0) is 19.9 Å². The second-order valence-electron chi connectivity index (χ2n) is 4.16. The van der Waals surface area contributed by atoms with Crippen molar-refractivity contribution in [2.75, 3.05) is 0 Å². The van der Waals surface area contributed by atoms with Gasteiger partial charge in [-0.25, -0.2) is 0 Å². The molecule has 0 saturated carbocycles. The van der Waals surface area contributed by atoms with Crippen LogP contribution in [0.4, 0.5) is 0 Å². The number of carbonyl (C=O) groups is 3. The molecular formula is C13H15NO5. The molecule has 6 nitrogen and oxygen atoms in total. The Morgan fingerprint density at radius 1 is 1.16 bits per heavy atom. The largest absolute Gasteiger partial charge is 0.480 e. The Morgan fingerprint density at radius 2 is 1.63 bits per heavy atom. The van der Waals surface area contributed by atoms with Crippen LogP contribution in [0.25, 0.3) is 0 Å². The number of hydrogen-bond acceptors (Lipinski definition) is 4. The van der Waals surface area contributed by atoms with Crippen LogP contribution in [-0.4, -0.2) is 27.9 Å². The Bertz CT molecular complexity index is 485. The van der Waals surface area contributed by atoms with Gasteiger partial charge in [0.25, 0.3) is 0 Å². The highest BCUT2D eigenvalue weighted by molar-refractivity contribution is 6.17. The summed E-state index contributed by atoms with van der Waals surface area (Å²) in [5, 5.41) is 17.7. The maximum absolute atomic E-state index is 12.2. The summed E-state index contributed by atoms with van der Waals surface area (Å²) in [5.41, 5.74) is 4.74. The summed E-state index contributed by atoms with van der Waals surface area (Å²) in [4.78, 5) is 34.0. The predicted octanol–water partition coefficient (Wildman–Crippen LogP) is 0.605. The fourth-order valence-corrected chi connectivity index (χ4v) is 1.84. The first-order chi connectivity index (χ1) is 8.84. The van der Waals surface area contributed by atoms with E-state index < -0.39 is 29.2 Å². The number of carboxylic acid groups (broad SMARTS) is 2. The summed E-state index contributed by atoms with van der Waals surface area (Å²) in [6.07, 6.45) is 0.104.